The van der Waals surface area contributed by atoms with Crippen LogP contribution in [0.15, 0.2) is 12.1 Å². The standard InChI is InChI=1S/C15H23NO/c1-10-7-12(15(3,4)5)8-11(2)14(10)13(17)9-16-6/h7-8,16H,9H2,1-6H3. The second-order valence-electron chi connectivity index (χ2n) is 5.69. The van der Waals surface area contributed by atoms with E-state index in [0.29, 0.717) is 6.54 Å². The molecular formula is C15H23NO. The zero-order valence-electron chi connectivity index (χ0n) is 11.8. The van der Waals surface area contributed by atoms with E-state index in [-0.39, 0.29) is 11.2 Å². The van der Waals surface area contributed by atoms with Gasteiger partial charge in [-0.25, -0.2) is 0 Å². The molecule has 0 bridgehead atoms. The van der Waals surface area contributed by atoms with E-state index in [1.165, 1.54) is 5.56 Å². The van der Waals surface area contributed by atoms with Crippen molar-refractivity contribution in [3.8, 4) is 0 Å². The van der Waals surface area contributed by atoms with Crippen molar-refractivity contribution < 1.29 is 4.79 Å². The molecule has 0 unspecified atom stereocenters. The SMILES string of the molecule is CNCC(=O)c1c(C)cc(C(C)(C)C)cc1C. The maximum atomic E-state index is 12.0. The van der Waals surface area contributed by atoms with Gasteiger partial charge in [-0.3, -0.25) is 4.79 Å². The predicted octanol–water partition coefficient (Wildman–Crippen LogP) is 3.00. The Bertz CT molecular complexity index is 404. The first-order valence-electron chi connectivity index (χ1n) is 6.07. The summed E-state index contributed by atoms with van der Waals surface area (Å²) in [5.41, 5.74) is 4.44. The van der Waals surface area contributed by atoms with Crippen molar-refractivity contribution in [1.82, 2.24) is 5.32 Å². The van der Waals surface area contributed by atoms with E-state index in [0.717, 1.165) is 16.7 Å². The molecule has 0 heterocycles. The molecule has 0 radical (unpaired) electrons. The number of aryl methyl sites for hydroxylation is 2. The van der Waals surface area contributed by atoms with Gasteiger partial charge in [0.2, 0.25) is 0 Å². The lowest BCUT2D eigenvalue weighted by molar-refractivity contribution is 0.0992. The van der Waals surface area contributed by atoms with Crippen molar-refractivity contribution in [3.05, 3.63) is 34.4 Å². The molecule has 0 aromatic heterocycles. The highest BCUT2D eigenvalue weighted by molar-refractivity contribution is 6.00. The van der Waals surface area contributed by atoms with Gasteiger partial charge in [-0.15, -0.1) is 0 Å². The van der Waals surface area contributed by atoms with Crippen LogP contribution in [0.2, 0.25) is 0 Å². The quantitative estimate of drug-likeness (QED) is 0.813. The molecule has 0 aliphatic rings. The zero-order chi connectivity index (χ0) is 13.2. The third kappa shape index (κ3) is 3.16. The van der Waals surface area contributed by atoms with Crippen LogP contribution in [-0.2, 0) is 5.41 Å². The molecule has 1 rings (SSSR count). The summed E-state index contributed by atoms with van der Waals surface area (Å²) in [4.78, 5) is 12.0. The van der Waals surface area contributed by atoms with Crippen LogP contribution in [0, 0.1) is 13.8 Å². The zero-order valence-corrected chi connectivity index (χ0v) is 11.8. The Kier molecular flexibility index (Phi) is 4.10. The lowest BCUT2D eigenvalue weighted by Gasteiger charge is -2.22. The van der Waals surface area contributed by atoms with Crippen LogP contribution in [-0.4, -0.2) is 19.4 Å². The topological polar surface area (TPSA) is 29.1 Å². The first-order chi connectivity index (χ1) is 7.77. The van der Waals surface area contributed by atoms with E-state index in [9.17, 15) is 4.79 Å². The average molecular weight is 233 g/mol. The summed E-state index contributed by atoms with van der Waals surface area (Å²) in [6.07, 6.45) is 0. The van der Waals surface area contributed by atoms with E-state index in [1.54, 1.807) is 7.05 Å². The fourth-order valence-corrected chi connectivity index (χ4v) is 2.09. The molecule has 0 aliphatic heterocycles. The van der Waals surface area contributed by atoms with Crippen molar-refractivity contribution in [2.75, 3.05) is 13.6 Å². The Labute approximate surface area is 104 Å². The molecule has 0 amide bonds. The van der Waals surface area contributed by atoms with Crippen molar-refractivity contribution in [3.63, 3.8) is 0 Å². The summed E-state index contributed by atoms with van der Waals surface area (Å²) in [6, 6.07) is 4.27. The van der Waals surface area contributed by atoms with Gasteiger partial charge in [0, 0.05) is 5.56 Å². The average Bonchev–Trinajstić information content (AvgIpc) is 2.15. The number of carbonyl (C=O) groups excluding carboxylic acids is 1. The highest BCUT2D eigenvalue weighted by Gasteiger charge is 2.18. The molecule has 0 saturated carbocycles. The van der Waals surface area contributed by atoms with Crippen LogP contribution >= 0.6 is 0 Å². The van der Waals surface area contributed by atoms with Crippen molar-refractivity contribution in [2.24, 2.45) is 0 Å². The number of nitrogens with one attached hydrogen (secondary N) is 1. The van der Waals surface area contributed by atoms with Crippen LogP contribution in [0.1, 0.15) is 47.8 Å². The minimum atomic E-state index is 0.125. The Morgan fingerprint density at radius 3 is 2.00 bits per heavy atom. The summed E-state index contributed by atoms with van der Waals surface area (Å²) in [7, 11) is 1.80. The molecule has 0 aliphatic carbocycles. The molecule has 2 heteroatoms. The van der Waals surface area contributed by atoms with E-state index in [4.69, 9.17) is 0 Å². The maximum Gasteiger partial charge on any atom is 0.177 e. The Morgan fingerprint density at radius 2 is 1.65 bits per heavy atom. The number of hydrogen-bond donors (Lipinski definition) is 1. The lowest BCUT2D eigenvalue weighted by atomic mass is 9.83. The van der Waals surface area contributed by atoms with E-state index in [1.807, 2.05) is 13.8 Å². The largest absolute Gasteiger partial charge is 0.313 e. The van der Waals surface area contributed by atoms with Crippen LogP contribution in [0.5, 0.6) is 0 Å². The highest BCUT2D eigenvalue weighted by Crippen LogP contribution is 2.26. The van der Waals surface area contributed by atoms with E-state index in [2.05, 4.69) is 38.2 Å². The predicted molar refractivity (Wildman–Crippen MR) is 72.9 cm³/mol. The monoisotopic (exact) mass is 233 g/mol. The van der Waals surface area contributed by atoms with Gasteiger partial charge in [0.1, 0.15) is 0 Å². The third-order valence-corrected chi connectivity index (χ3v) is 3.01. The van der Waals surface area contributed by atoms with Crippen LogP contribution < -0.4 is 5.32 Å². The molecule has 0 spiro atoms. The summed E-state index contributed by atoms with van der Waals surface area (Å²) < 4.78 is 0. The Morgan fingerprint density at radius 1 is 1.18 bits per heavy atom. The van der Waals surface area contributed by atoms with E-state index >= 15 is 0 Å². The fraction of sp³-hybridized carbons (Fsp3) is 0.533. The molecular weight excluding hydrogens is 210 g/mol. The van der Waals surface area contributed by atoms with Gasteiger partial charge in [0.05, 0.1) is 6.54 Å². The molecule has 1 N–H and O–H groups in total. The number of likely N-dealkylation sites (N-methyl/N-ethyl adjacent to an activating group) is 1. The van der Waals surface area contributed by atoms with Crippen molar-refractivity contribution >= 4 is 5.78 Å². The van der Waals surface area contributed by atoms with Gasteiger partial charge >= 0.3 is 0 Å². The molecule has 1 aromatic carbocycles. The van der Waals surface area contributed by atoms with Gasteiger partial charge in [-0.2, -0.15) is 0 Å². The second kappa shape index (κ2) is 5.01. The van der Waals surface area contributed by atoms with Crippen molar-refractivity contribution in [2.45, 2.75) is 40.0 Å². The van der Waals surface area contributed by atoms with E-state index < -0.39 is 0 Å². The van der Waals surface area contributed by atoms with Crippen LogP contribution in [0.3, 0.4) is 0 Å². The summed E-state index contributed by atoms with van der Waals surface area (Å²) in [5, 5.41) is 2.92. The minimum Gasteiger partial charge on any atom is -0.313 e. The van der Waals surface area contributed by atoms with Gasteiger partial charge < -0.3 is 5.32 Å². The summed E-state index contributed by atoms with van der Waals surface area (Å²) >= 11 is 0. The molecule has 1 aromatic rings. The minimum absolute atomic E-state index is 0.125. The molecule has 0 atom stereocenters. The third-order valence-electron chi connectivity index (χ3n) is 3.01. The molecule has 17 heavy (non-hydrogen) atoms. The Hall–Kier alpha value is -1.15. The van der Waals surface area contributed by atoms with Gasteiger partial charge in [-0.1, -0.05) is 32.9 Å². The second-order valence-corrected chi connectivity index (χ2v) is 5.69. The van der Waals surface area contributed by atoms with Gasteiger partial charge in [0.25, 0.3) is 0 Å². The Balaban J connectivity index is 3.25. The molecule has 2 nitrogen and oxygen atoms in total. The molecule has 0 saturated heterocycles. The molecule has 94 valence electrons. The smallest absolute Gasteiger partial charge is 0.177 e. The van der Waals surface area contributed by atoms with Crippen LogP contribution in [0.4, 0.5) is 0 Å². The fourth-order valence-electron chi connectivity index (χ4n) is 2.09. The number of hydrogen-bond acceptors (Lipinski definition) is 2. The first-order valence-corrected chi connectivity index (χ1v) is 6.07. The number of Topliss-reactive ketones (excluding diaryl/α,β-unsaturated/α-hetero) is 1. The maximum absolute atomic E-state index is 12.0. The van der Waals surface area contributed by atoms with Gasteiger partial charge in [-0.05, 0) is 43.0 Å². The number of carbonyl (C=O) groups is 1. The number of ketones is 1. The summed E-state index contributed by atoms with van der Waals surface area (Å²) in [5.74, 6) is 0.169. The summed E-state index contributed by atoms with van der Waals surface area (Å²) in [6.45, 7) is 11.0. The van der Waals surface area contributed by atoms with Crippen LogP contribution in [0.25, 0.3) is 0 Å². The number of rotatable bonds is 3. The molecule has 0 fully saturated rings. The normalized spacial score (nSPS) is 11.6. The van der Waals surface area contributed by atoms with Gasteiger partial charge in [0.15, 0.2) is 5.78 Å². The lowest BCUT2D eigenvalue weighted by Crippen LogP contribution is -2.21. The first kappa shape index (κ1) is 13.9. The highest BCUT2D eigenvalue weighted by atomic mass is 16.1. The van der Waals surface area contributed by atoms with Crippen molar-refractivity contribution in [1.29, 1.82) is 0 Å². The number of benzene rings is 1.